The van der Waals surface area contributed by atoms with Gasteiger partial charge in [0.1, 0.15) is 0 Å². The highest BCUT2D eigenvalue weighted by Crippen LogP contribution is 2.38. The van der Waals surface area contributed by atoms with E-state index in [1.165, 1.54) is 32.1 Å². The van der Waals surface area contributed by atoms with Crippen molar-refractivity contribution < 1.29 is 4.74 Å². The maximum Gasteiger partial charge on any atom is 0.0501 e. The van der Waals surface area contributed by atoms with E-state index in [2.05, 4.69) is 26.8 Å². The lowest BCUT2D eigenvalue weighted by atomic mass is 9.76. The van der Waals surface area contributed by atoms with E-state index in [-0.39, 0.29) is 0 Å². The lowest BCUT2D eigenvalue weighted by Crippen LogP contribution is -2.20. The van der Waals surface area contributed by atoms with Crippen LogP contribution in [0.15, 0.2) is 11.6 Å². The van der Waals surface area contributed by atoms with Gasteiger partial charge in [-0.3, -0.25) is 0 Å². The number of ether oxygens (including phenoxy) is 1. The van der Waals surface area contributed by atoms with Crippen LogP contribution in [0.1, 0.15) is 52.9 Å². The fourth-order valence-electron chi connectivity index (χ4n) is 3.59. The Labute approximate surface area is 107 Å². The van der Waals surface area contributed by atoms with E-state index in [1.54, 1.807) is 5.57 Å². The van der Waals surface area contributed by atoms with Crippen molar-refractivity contribution >= 4 is 0 Å². The fraction of sp³-hybridized carbons (Fsp3) is 0.875. The first kappa shape index (κ1) is 13.1. The van der Waals surface area contributed by atoms with Gasteiger partial charge in [-0.15, -0.1) is 0 Å². The van der Waals surface area contributed by atoms with E-state index in [4.69, 9.17) is 4.74 Å². The Balaban J connectivity index is 1.85. The summed E-state index contributed by atoms with van der Waals surface area (Å²) in [4.78, 5) is 0. The lowest BCUT2D eigenvalue weighted by Gasteiger charge is -2.28. The molecular weight excluding hydrogens is 208 g/mol. The molecule has 1 saturated heterocycles. The molecule has 1 nitrogen and oxygen atoms in total. The first-order valence-electron chi connectivity index (χ1n) is 7.47. The normalized spacial score (nSPS) is 31.8. The summed E-state index contributed by atoms with van der Waals surface area (Å²) >= 11 is 0. The van der Waals surface area contributed by atoms with E-state index in [0.29, 0.717) is 0 Å². The minimum atomic E-state index is 0.790. The number of hydrogen-bond donors (Lipinski definition) is 0. The van der Waals surface area contributed by atoms with Crippen LogP contribution in [0.5, 0.6) is 0 Å². The maximum atomic E-state index is 5.61. The van der Waals surface area contributed by atoms with Crippen LogP contribution in [-0.4, -0.2) is 13.2 Å². The van der Waals surface area contributed by atoms with Gasteiger partial charge in [0.15, 0.2) is 0 Å². The van der Waals surface area contributed by atoms with Gasteiger partial charge in [-0.1, -0.05) is 45.3 Å². The molecular formula is C16H28O. The number of allylic oxidation sites excluding steroid dienone is 2. The standard InChI is InChI=1S/C16H28O/c1-4-5-12(2)8-13(3)14-6-7-15-10-17-11-16(15)9-14/h6,12-13,15-16H,4-5,7-11H2,1-3H3/t12?,13?,15-,16+/m0/s1. The van der Waals surface area contributed by atoms with Crippen molar-refractivity contribution in [3.05, 3.63) is 11.6 Å². The van der Waals surface area contributed by atoms with Gasteiger partial charge in [0.2, 0.25) is 0 Å². The molecule has 98 valence electrons. The molecule has 0 saturated carbocycles. The zero-order valence-electron chi connectivity index (χ0n) is 11.7. The van der Waals surface area contributed by atoms with Crippen LogP contribution in [0.25, 0.3) is 0 Å². The third kappa shape index (κ3) is 3.34. The Hall–Kier alpha value is -0.300. The Morgan fingerprint density at radius 3 is 2.82 bits per heavy atom. The fourth-order valence-corrected chi connectivity index (χ4v) is 3.59. The van der Waals surface area contributed by atoms with E-state index >= 15 is 0 Å². The minimum Gasteiger partial charge on any atom is -0.381 e. The SMILES string of the molecule is CCCC(C)CC(C)C1=CC[C@H]2COC[C@H]2C1. The molecule has 0 spiro atoms. The third-order valence-corrected chi connectivity index (χ3v) is 4.68. The van der Waals surface area contributed by atoms with Crippen molar-refractivity contribution in [2.45, 2.75) is 52.9 Å². The minimum absolute atomic E-state index is 0.790. The average Bonchev–Trinajstić information content (AvgIpc) is 2.75. The topological polar surface area (TPSA) is 9.23 Å². The maximum absolute atomic E-state index is 5.61. The van der Waals surface area contributed by atoms with Gasteiger partial charge in [-0.2, -0.15) is 0 Å². The highest BCUT2D eigenvalue weighted by atomic mass is 16.5. The van der Waals surface area contributed by atoms with Crippen molar-refractivity contribution in [1.82, 2.24) is 0 Å². The van der Waals surface area contributed by atoms with E-state index in [1.807, 2.05) is 0 Å². The van der Waals surface area contributed by atoms with Crippen LogP contribution in [0.4, 0.5) is 0 Å². The molecule has 0 aromatic heterocycles. The van der Waals surface area contributed by atoms with Crippen molar-refractivity contribution in [3.8, 4) is 0 Å². The number of fused-ring (bicyclic) bond motifs is 1. The Morgan fingerprint density at radius 2 is 2.06 bits per heavy atom. The largest absolute Gasteiger partial charge is 0.381 e. The molecule has 0 radical (unpaired) electrons. The quantitative estimate of drug-likeness (QED) is 0.642. The predicted octanol–water partition coefficient (Wildman–Crippen LogP) is 4.43. The smallest absolute Gasteiger partial charge is 0.0501 e. The van der Waals surface area contributed by atoms with Crippen LogP contribution in [0.3, 0.4) is 0 Å². The molecule has 2 unspecified atom stereocenters. The molecule has 2 aliphatic rings. The summed E-state index contributed by atoms with van der Waals surface area (Å²) in [5.41, 5.74) is 1.72. The van der Waals surface area contributed by atoms with Gasteiger partial charge in [0.25, 0.3) is 0 Å². The third-order valence-electron chi connectivity index (χ3n) is 4.68. The highest BCUT2D eigenvalue weighted by Gasteiger charge is 2.32. The Kier molecular flexibility index (Phi) is 4.67. The molecule has 1 heterocycles. The zero-order chi connectivity index (χ0) is 12.3. The van der Waals surface area contributed by atoms with Gasteiger partial charge in [-0.25, -0.2) is 0 Å². The van der Waals surface area contributed by atoms with Gasteiger partial charge >= 0.3 is 0 Å². The summed E-state index contributed by atoms with van der Waals surface area (Å²) in [5.74, 6) is 3.34. The van der Waals surface area contributed by atoms with Gasteiger partial charge < -0.3 is 4.74 Å². The summed E-state index contributed by atoms with van der Waals surface area (Å²) in [6, 6.07) is 0. The van der Waals surface area contributed by atoms with E-state index in [0.717, 1.165) is 36.9 Å². The molecule has 0 amide bonds. The van der Waals surface area contributed by atoms with Crippen LogP contribution in [0.2, 0.25) is 0 Å². The Morgan fingerprint density at radius 1 is 1.29 bits per heavy atom. The second-order valence-corrected chi connectivity index (χ2v) is 6.31. The molecule has 4 atom stereocenters. The molecule has 2 rings (SSSR count). The zero-order valence-corrected chi connectivity index (χ0v) is 11.7. The molecule has 0 aromatic rings. The second kappa shape index (κ2) is 6.04. The van der Waals surface area contributed by atoms with E-state index in [9.17, 15) is 0 Å². The first-order valence-corrected chi connectivity index (χ1v) is 7.47. The molecule has 1 fully saturated rings. The molecule has 1 aliphatic carbocycles. The van der Waals surface area contributed by atoms with Crippen molar-refractivity contribution in [2.75, 3.05) is 13.2 Å². The molecule has 0 aromatic carbocycles. The summed E-state index contributed by atoms with van der Waals surface area (Å²) in [6.45, 7) is 9.15. The predicted molar refractivity (Wildman–Crippen MR) is 73.0 cm³/mol. The molecule has 0 N–H and O–H groups in total. The van der Waals surface area contributed by atoms with Crippen LogP contribution in [-0.2, 0) is 4.74 Å². The molecule has 17 heavy (non-hydrogen) atoms. The van der Waals surface area contributed by atoms with Gasteiger partial charge in [-0.05, 0) is 42.9 Å². The van der Waals surface area contributed by atoms with Crippen LogP contribution >= 0.6 is 0 Å². The van der Waals surface area contributed by atoms with Crippen molar-refractivity contribution in [3.63, 3.8) is 0 Å². The average molecular weight is 236 g/mol. The van der Waals surface area contributed by atoms with Gasteiger partial charge in [0, 0.05) is 0 Å². The van der Waals surface area contributed by atoms with Crippen LogP contribution < -0.4 is 0 Å². The molecule has 0 bridgehead atoms. The molecule has 1 aliphatic heterocycles. The summed E-state index contributed by atoms with van der Waals surface area (Å²) < 4.78 is 5.61. The van der Waals surface area contributed by atoms with Crippen molar-refractivity contribution in [2.24, 2.45) is 23.7 Å². The number of hydrogen-bond acceptors (Lipinski definition) is 1. The summed E-state index contributed by atoms with van der Waals surface area (Å²) in [6.07, 6.45) is 9.19. The summed E-state index contributed by atoms with van der Waals surface area (Å²) in [5, 5.41) is 0. The number of rotatable bonds is 5. The molecule has 1 heteroatoms. The van der Waals surface area contributed by atoms with Crippen molar-refractivity contribution in [1.29, 1.82) is 0 Å². The second-order valence-electron chi connectivity index (χ2n) is 6.31. The van der Waals surface area contributed by atoms with Gasteiger partial charge in [0.05, 0.1) is 13.2 Å². The van der Waals surface area contributed by atoms with E-state index < -0.39 is 0 Å². The van der Waals surface area contributed by atoms with Crippen LogP contribution in [0, 0.1) is 23.7 Å². The summed E-state index contributed by atoms with van der Waals surface area (Å²) in [7, 11) is 0. The Bertz CT molecular complexity index is 269. The highest BCUT2D eigenvalue weighted by molar-refractivity contribution is 5.12. The monoisotopic (exact) mass is 236 g/mol. The first-order chi connectivity index (χ1) is 8.20. The lowest BCUT2D eigenvalue weighted by molar-refractivity contribution is 0.181.